The van der Waals surface area contributed by atoms with Crippen LogP contribution in [0.25, 0.3) is 0 Å². The molecule has 1 aliphatic heterocycles. The number of aliphatic carboxylic acids is 1. The molecule has 1 aromatic rings. The zero-order valence-corrected chi connectivity index (χ0v) is 13.6. The number of piperazine rings is 1. The second-order valence-corrected chi connectivity index (χ2v) is 6.77. The zero-order chi connectivity index (χ0) is 15.8. The Kier molecular flexibility index (Phi) is 4.39. The number of carboxylic acids is 1. The summed E-state index contributed by atoms with van der Waals surface area (Å²) in [6.07, 6.45) is 0. The largest absolute Gasteiger partial charge is 0.480 e. The Hall–Kier alpha value is -1.40. The summed E-state index contributed by atoms with van der Waals surface area (Å²) in [4.78, 5) is 23.6. The highest BCUT2D eigenvalue weighted by Crippen LogP contribution is 2.25. The van der Waals surface area contributed by atoms with Gasteiger partial charge in [0.1, 0.15) is 5.82 Å². The summed E-state index contributed by atoms with van der Waals surface area (Å²) in [6.45, 7) is 13.6. The number of hydrogen-bond donors (Lipinski definition) is 2. The fourth-order valence-electron chi connectivity index (χ4n) is 2.99. The van der Waals surface area contributed by atoms with Gasteiger partial charge < -0.3 is 10.1 Å². The molecule has 0 saturated carbocycles. The van der Waals surface area contributed by atoms with E-state index in [2.05, 4.69) is 35.6 Å². The summed E-state index contributed by atoms with van der Waals surface area (Å²) in [5.41, 5.74) is 1.62. The fraction of sp³-hybridized carbons (Fsp3) is 0.733. The van der Waals surface area contributed by atoms with Crippen LogP contribution in [0, 0.1) is 13.8 Å². The Morgan fingerprint density at radius 1 is 1.24 bits per heavy atom. The molecule has 0 radical (unpaired) electrons. The summed E-state index contributed by atoms with van der Waals surface area (Å²) in [5, 5.41) is 9.63. The van der Waals surface area contributed by atoms with Crippen LogP contribution in [-0.2, 0) is 4.79 Å². The number of nitrogens with one attached hydrogen (secondary N) is 1. The maximum absolute atomic E-state index is 11.7. The minimum absolute atomic E-state index is 0.129. The van der Waals surface area contributed by atoms with E-state index in [1.807, 2.05) is 18.7 Å². The monoisotopic (exact) mass is 294 g/mol. The molecule has 118 valence electrons. The number of hydrogen-bond acceptors (Lipinski definition) is 4. The summed E-state index contributed by atoms with van der Waals surface area (Å²) in [5.74, 6) is -0.0594. The normalized spacial score (nSPS) is 19.7. The molecular weight excluding hydrogens is 268 g/mol. The van der Waals surface area contributed by atoms with Crippen LogP contribution in [0.3, 0.4) is 0 Å². The van der Waals surface area contributed by atoms with Gasteiger partial charge in [-0.15, -0.1) is 0 Å². The summed E-state index contributed by atoms with van der Waals surface area (Å²) < 4.78 is 0. The number of aromatic nitrogens is 2. The molecule has 1 atom stereocenters. The number of H-pyrrole nitrogens is 1. The quantitative estimate of drug-likeness (QED) is 0.885. The first-order valence-electron chi connectivity index (χ1n) is 7.45. The molecule has 0 bridgehead atoms. The molecule has 1 fully saturated rings. The predicted octanol–water partition coefficient (Wildman–Crippen LogP) is 1.57. The third-order valence-electron chi connectivity index (χ3n) is 4.16. The number of imidazole rings is 1. The van der Waals surface area contributed by atoms with Crippen LogP contribution < -0.4 is 0 Å². The molecule has 1 aromatic heterocycles. The van der Waals surface area contributed by atoms with Crippen molar-refractivity contribution in [1.82, 2.24) is 19.8 Å². The number of rotatable bonds is 3. The van der Waals surface area contributed by atoms with Crippen LogP contribution in [0.15, 0.2) is 0 Å². The first kappa shape index (κ1) is 16.0. The highest BCUT2D eigenvalue weighted by molar-refractivity contribution is 5.75. The van der Waals surface area contributed by atoms with Crippen molar-refractivity contribution in [3.63, 3.8) is 0 Å². The Balaban J connectivity index is 2.15. The van der Waals surface area contributed by atoms with Crippen molar-refractivity contribution >= 4 is 5.97 Å². The minimum Gasteiger partial charge on any atom is -0.480 e. The summed E-state index contributed by atoms with van der Waals surface area (Å²) >= 11 is 0. The molecular formula is C15H26N4O2. The van der Waals surface area contributed by atoms with E-state index in [-0.39, 0.29) is 5.54 Å². The third-order valence-corrected chi connectivity index (χ3v) is 4.16. The SMILES string of the molecule is Cc1nc(C(C(=O)O)N2CCN(C(C)(C)C)CC2)c(C)[nH]1. The lowest BCUT2D eigenvalue weighted by molar-refractivity contribution is -0.144. The van der Waals surface area contributed by atoms with Crippen LogP contribution in [0.4, 0.5) is 0 Å². The molecule has 0 aliphatic carbocycles. The number of nitrogens with zero attached hydrogens (tertiary/aromatic N) is 3. The van der Waals surface area contributed by atoms with Gasteiger partial charge in [0, 0.05) is 37.4 Å². The number of carbonyl (C=O) groups is 1. The minimum atomic E-state index is -0.825. The van der Waals surface area contributed by atoms with Gasteiger partial charge in [0.15, 0.2) is 6.04 Å². The van der Waals surface area contributed by atoms with E-state index >= 15 is 0 Å². The van der Waals surface area contributed by atoms with Crippen molar-refractivity contribution in [2.45, 2.75) is 46.2 Å². The molecule has 1 aliphatic rings. The molecule has 2 N–H and O–H groups in total. The van der Waals surface area contributed by atoms with Crippen molar-refractivity contribution in [1.29, 1.82) is 0 Å². The van der Waals surface area contributed by atoms with Gasteiger partial charge in [0.25, 0.3) is 0 Å². The van der Waals surface area contributed by atoms with Crippen LogP contribution >= 0.6 is 0 Å². The van der Waals surface area contributed by atoms with Gasteiger partial charge in [0.05, 0.1) is 5.69 Å². The molecule has 2 rings (SSSR count). The number of aromatic amines is 1. The van der Waals surface area contributed by atoms with Gasteiger partial charge in [-0.2, -0.15) is 0 Å². The first-order chi connectivity index (χ1) is 9.70. The van der Waals surface area contributed by atoms with Gasteiger partial charge in [-0.1, -0.05) is 0 Å². The van der Waals surface area contributed by atoms with Crippen molar-refractivity contribution in [3.8, 4) is 0 Å². The summed E-state index contributed by atoms with van der Waals surface area (Å²) in [6, 6.07) is -0.655. The average molecular weight is 294 g/mol. The fourth-order valence-corrected chi connectivity index (χ4v) is 2.99. The Morgan fingerprint density at radius 3 is 2.19 bits per heavy atom. The maximum atomic E-state index is 11.7. The van der Waals surface area contributed by atoms with Crippen LogP contribution in [-0.4, -0.2) is 62.6 Å². The smallest absolute Gasteiger partial charge is 0.327 e. The van der Waals surface area contributed by atoms with E-state index < -0.39 is 12.0 Å². The lowest BCUT2D eigenvalue weighted by atomic mass is 10.0. The van der Waals surface area contributed by atoms with E-state index in [4.69, 9.17) is 0 Å². The lowest BCUT2D eigenvalue weighted by Crippen LogP contribution is -2.54. The molecule has 1 unspecified atom stereocenters. The Labute approximate surface area is 126 Å². The van der Waals surface area contributed by atoms with Crippen LogP contribution in [0.1, 0.15) is 44.0 Å². The van der Waals surface area contributed by atoms with Crippen molar-refractivity contribution < 1.29 is 9.90 Å². The standard InChI is InChI=1S/C15H26N4O2/c1-10-12(17-11(2)16-10)13(14(20)21)18-6-8-19(9-7-18)15(3,4)5/h13H,6-9H2,1-5H3,(H,16,17)(H,20,21). The molecule has 6 nitrogen and oxygen atoms in total. The van der Waals surface area contributed by atoms with E-state index in [0.29, 0.717) is 5.69 Å². The molecule has 0 amide bonds. The van der Waals surface area contributed by atoms with E-state index in [1.165, 1.54) is 0 Å². The Bertz CT molecular complexity index is 510. The summed E-state index contributed by atoms with van der Waals surface area (Å²) in [7, 11) is 0. The van der Waals surface area contributed by atoms with Gasteiger partial charge in [-0.25, -0.2) is 4.98 Å². The first-order valence-corrected chi connectivity index (χ1v) is 7.45. The van der Waals surface area contributed by atoms with Crippen molar-refractivity contribution in [2.75, 3.05) is 26.2 Å². The molecule has 0 aromatic carbocycles. The van der Waals surface area contributed by atoms with Crippen molar-refractivity contribution in [2.24, 2.45) is 0 Å². The third kappa shape index (κ3) is 3.44. The predicted molar refractivity (Wildman–Crippen MR) is 81.3 cm³/mol. The molecule has 1 saturated heterocycles. The van der Waals surface area contributed by atoms with E-state index in [9.17, 15) is 9.90 Å². The molecule has 6 heteroatoms. The van der Waals surface area contributed by atoms with Gasteiger partial charge in [0.2, 0.25) is 0 Å². The number of carboxylic acid groups (broad SMARTS) is 1. The lowest BCUT2D eigenvalue weighted by Gasteiger charge is -2.43. The number of aryl methyl sites for hydroxylation is 2. The topological polar surface area (TPSA) is 72.5 Å². The molecule has 21 heavy (non-hydrogen) atoms. The van der Waals surface area contributed by atoms with E-state index in [1.54, 1.807) is 0 Å². The Morgan fingerprint density at radius 2 is 1.81 bits per heavy atom. The van der Waals surface area contributed by atoms with Crippen LogP contribution in [0.2, 0.25) is 0 Å². The van der Waals surface area contributed by atoms with Crippen molar-refractivity contribution in [3.05, 3.63) is 17.2 Å². The van der Waals surface area contributed by atoms with Gasteiger partial charge in [-0.3, -0.25) is 14.6 Å². The second-order valence-electron chi connectivity index (χ2n) is 6.77. The second kappa shape index (κ2) is 5.77. The van der Waals surface area contributed by atoms with Crippen LogP contribution in [0.5, 0.6) is 0 Å². The van der Waals surface area contributed by atoms with Gasteiger partial charge in [-0.05, 0) is 34.6 Å². The zero-order valence-electron chi connectivity index (χ0n) is 13.6. The van der Waals surface area contributed by atoms with E-state index in [0.717, 1.165) is 37.7 Å². The average Bonchev–Trinajstić information content (AvgIpc) is 2.68. The highest BCUT2D eigenvalue weighted by atomic mass is 16.4. The molecule has 0 spiro atoms. The van der Waals surface area contributed by atoms with Gasteiger partial charge >= 0.3 is 5.97 Å². The maximum Gasteiger partial charge on any atom is 0.327 e. The molecule has 2 heterocycles. The highest BCUT2D eigenvalue weighted by Gasteiger charge is 2.35.